The van der Waals surface area contributed by atoms with Crippen molar-refractivity contribution in [1.82, 2.24) is 5.32 Å². The third kappa shape index (κ3) is 61.5. The Morgan fingerprint density at radius 2 is 0.744 bits per heavy atom. The van der Waals surface area contributed by atoms with E-state index < -0.39 is 26.6 Å². The Kier molecular flexibility index (Phi) is 58.7. The van der Waals surface area contributed by atoms with Crippen LogP contribution in [-0.4, -0.2) is 69.4 Å². The van der Waals surface area contributed by atoms with Gasteiger partial charge in [-0.2, -0.15) is 0 Å². The highest BCUT2D eigenvalue weighted by Gasteiger charge is 2.27. The maximum absolute atomic E-state index is 13.6. The SMILES string of the molecule is CCCCC/C=C\C/C=C\C/C=C\C/C=C\CCCCCCCCCCCC(=O)NC(COP(=O)([O-])OCC[N+](C)(C)C)C(/C=C\CCCCCCCCCCCC)OC(=O)CCCCCCCC/C=C\C/C=C\C/C=C\CCCCC. The number of hydrogen-bond donors (Lipinski definition) is 1. The molecular formula is C72H129N2O7P. The number of phosphoric acid groups is 1. The molecule has 82 heavy (non-hydrogen) atoms. The van der Waals surface area contributed by atoms with Gasteiger partial charge >= 0.3 is 5.97 Å². The average molecular weight is 1170 g/mol. The van der Waals surface area contributed by atoms with Gasteiger partial charge in [0.05, 0.1) is 33.8 Å². The number of quaternary nitrogens is 1. The summed E-state index contributed by atoms with van der Waals surface area (Å²) in [5.74, 6) is -0.562. The fourth-order valence-electron chi connectivity index (χ4n) is 9.45. The van der Waals surface area contributed by atoms with Gasteiger partial charge in [0, 0.05) is 12.8 Å². The van der Waals surface area contributed by atoms with Crippen LogP contribution < -0.4 is 10.2 Å². The number of nitrogens with one attached hydrogen (secondary N) is 1. The van der Waals surface area contributed by atoms with Crippen molar-refractivity contribution in [1.29, 1.82) is 0 Å². The summed E-state index contributed by atoms with van der Waals surface area (Å²) in [6, 6.07) is -0.903. The summed E-state index contributed by atoms with van der Waals surface area (Å²) in [4.78, 5) is 40.1. The molecule has 0 rings (SSSR count). The Bertz CT molecular complexity index is 1720. The van der Waals surface area contributed by atoms with E-state index in [-0.39, 0.29) is 24.9 Å². The van der Waals surface area contributed by atoms with Gasteiger partial charge in [-0.3, -0.25) is 14.2 Å². The van der Waals surface area contributed by atoms with Gasteiger partial charge in [-0.25, -0.2) is 0 Å². The summed E-state index contributed by atoms with van der Waals surface area (Å²) in [6.45, 7) is 6.78. The third-order valence-corrected chi connectivity index (χ3v) is 15.7. The first-order valence-electron chi connectivity index (χ1n) is 34.0. The first-order valence-corrected chi connectivity index (χ1v) is 35.5. The van der Waals surface area contributed by atoms with E-state index in [1.54, 1.807) is 0 Å². The van der Waals surface area contributed by atoms with Crippen LogP contribution in [0.3, 0.4) is 0 Å². The number of allylic oxidation sites excluding steroid dienone is 15. The number of phosphoric ester groups is 1. The van der Waals surface area contributed by atoms with Crippen LogP contribution in [0.4, 0.5) is 0 Å². The van der Waals surface area contributed by atoms with E-state index >= 15 is 0 Å². The van der Waals surface area contributed by atoms with E-state index in [1.165, 1.54) is 135 Å². The van der Waals surface area contributed by atoms with Crippen molar-refractivity contribution in [2.75, 3.05) is 40.9 Å². The highest BCUT2D eigenvalue weighted by atomic mass is 31.2. The van der Waals surface area contributed by atoms with Crippen LogP contribution in [0, 0.1) is 0 Å². The quantitative estimate of drug-likeness (QED) is 0.0212. The van der Waals surface area contributed by atoms with Crippen LogP contribution >= 0.6 is 7.82 Å². The van der Waals surface area contributed by atoms with Crippen molar-refractivity contribution >= 4 is 19.7 Å². The number of rotatable bonds is 61. The topological polar surface area (TPSA) is 114 Å². The number of amides is 1. The molecule has 0 aliphatic rings. The number of ether oxygens (including phenoxy) is 1. The number of carbonyl (C=O) groups is 2. The molecule has 0 aliphatic heterocycles. The predicted octanol–water partition coefficient (Wildman–Crippen LogP) is 20.9. The Morgan fingerprint density at radius 3 is 1.13 bits per heavy atom. The molecule has 0 spiro atoms. The van der Waals surface area contributed by atoms with Gasteiger partial charge in [-0.1, -0.05) is 266 Å². The van der Waals surface area contributed by atoms with Gasteiger partial charge in [0.2, 0.25) is 5.91 Å². The maximum Gasteiger partial charge on any atom is 0.306 e. The van der Waals surface area contributed by atoms with E-state index in [0.717, 1.165) is 122 Å². The molecular weight excluding hydrogens is 1040 g/mol. The number of hydrogen-bond acceptors (Lipinski definition) is 7. The minimum Gasteiger partial charge on any atom is -0.756 e. The Morgan fingerprint density at radius 1 is 0.427 bits per heavy atom. The largest absolute Gasteiger partial charge is 0.756 e. The number of unbranched alkanes of at least 4 members (excludes halogenated alkanes) is 31. The molecule has 1 N–H and O–H groups in total. The van der Waals surface area contributed by atoms with E-state index in [1.807, 2.05) is 33.3 Å². The first kappa shape index (κ1) is 78.9. The molecule has 0 saturated heterocycles. The molecule has 10 heteroatoms. The molecule has 0 saturated carbocycles. The van der Waals surface area contributed by atoms with E-state index in [4.69, 9.17) is 13.8 Å². The lowest BCUT2D eigenvalue weighted by molar-refractivity contribution is -0.870. The molecule has 0 bridgehead atoms. The fraction of sp³-hybridized carbons (Fsp3) is 0.750. The molecule has 1 amide bonds. The number of carbonyl (C=O) groups excluding carboxylic acids is 2. The Labute approximate surface area is 507 Å². The second-order valence-electron chi connectivity index (χ2n) is 24.0. The molecule has 0 aromatic rings. The van der Waals surface area contributed by atoms with Gasteiger partial charge in [0.25, 0.3) is 7.82 Å². The lowest BCUT2D eigenvalue weighted by Crippen LogP contribution is -2.47. The molecule has 3 unspecified atom stereocenters. The standard InChI is InChI=1S/C72H129N2O7P/c1-7-10-13-16-19-22-25-28-30-32-34-35-36-37-38-39-41-42-44-46-49-52-55-58-61-64-71(75)73-69(68-80-82(77,78)79-67-66-74(4,5)6)70(63-60-57-54-51-48-27-24-21-18-15-12-9-3)81-72(76)65-62-59-56-53-50-47-45-43-40-33-31-29-26-23-20-17-14-11-8-2/h19-20,22-23,28-31,34-35,37-38,40,43,60,63,69-70H,7-18,21,24-27,32-33,36,39,41-42,44-59,61-62,64-68H2,1-6H3,(H-,73,75,77,78)/b22-19-,23-20-,30-28-,31-29-,35-34-,38-37-,43-40-,63-60-. The zero-order valence-electron chi connectivity index (χ0n) is 54.2. The summed E-state index contributed by atoms with van der Waals surface area (Å²) in [5.41, 5.74) is 0. The van der Waals surface area contributed by atoms with Crippen LogP contribution in [-0.2, 0) is 27.9 Å². The second-order valence-corrected chi connectivity index (χ2v) is 25.4. The van der Waals surface area contributed by atoms with Crippen LogP contribution in [0.25, 0.3) is 0 Å². The van der Waals surface area contributed by atoms with Crippen molar-refractivity contribution in [2.24, 2.45) is 0 Å². The van der Waals surface area contributed by atoms with Crippen molar-refractivity contribution in [3.63, 3.8) is 0 Å². The molecule has 474 valence electrons. The molecule has 0 aromatic heterocycles. The van der Waals surface area contributed by atoms with Gasteiger partial charge in [0.1, 0.15) is 19.3 Å². The van der Waals surface area contributed by atoms with Gasteiger partial charge in [-0.15, -0.1) is 0 Å². The smallest absolute Gasteiger partial charge is 0.306 e. The van der Waals surface area contributed by atoms with Crippen molar-refractivity contribution in [3.05, 3.63) is 97.2 Å². The summed E-state index contributed by atoms with van der Waals surface area (Å²) >= 11 is 0. The number of esters is 1. The molecule has 3 atom stereocenters. The van der Waals surface area contributed by atoms with Crippen molar-refractivity contribution in [3.8, 4) is 0 Å². The van der Waals surface area contributed by atoms with Crippen LogP contribution in [0.1, 0.15) is 297 Å². The Hall–Kier alpha value is -3.07. The maximum atomic E-state index is 13.6. The second kappa shape index (κ2) is 61.0. The molecule has 9 nitrogen and oxygen atoms in total. The lowest BCUT2D eigenvalue weighted by atomic mass is 10.0. The average Bonchev–Trinajstić information content (AvgIpc) is 3.44. The van der Waals surface area contributed by atoms with E-state index in [9.17, 15) is 19.0 Å². The van der Waals surface area contributed by atoms with Gasteiger partial charge in [-0.05, 0) is 115 Å². The molecule has 0 aliphatic carbocycles. The summed E-state index contributed by atoms with van der Waals surface area (Å²) in [6.07, 6.45) is 82.3. The highest BCUT2D eigenvalue weighted by Crippen LogP contribution is 2.38. The van der Waals surface area contributed by atoms with E-state index in [2.05, 4.69) is 111 Å². The predicted molar refractivity (Wildman–Crippen MR) is 353 cm³/mol. The number of nitrogens with zero attached hydrogens (tertiary/aromatic N) is 1. The first-order chi connectivity index (χ1) is 39.9. The zero-order valence-corrected chi connectivity index (χ0v) is 55.1. The summed E-state index contributed by atoms with van der Waals surface area (Å²) in [7, 11) is 1.17. The fourth-order valence-corrected chi connectivity index (χ4v) is 10.2. The molecule has 0 heterocycles. The molecule has 0 fully saturated rings. The third-order valence-electron chi connectivity index (χ3n) is 14.7. The van der Waals surface area contributed by atoms with Crippen molar-refractivity contribution < 1.29 is 37.3 Å². The van der Waals surface area contributed by atoms with Crippen LogP contribution in [0.2, 0.25) is 0 Å². The number of likely N-dealkylation sites (N-methyl/N-ethyl adjacent to an activating group) is 1. The summed E-state index contributed by atoms with van der Waals surface area (Å²) in [5, 5.41) is 3.03. The van der Waals surface area contributed by atoms with E-state index in [0.29, 0.717) is 23.9 Å². The van der Waals surface area contributed by atoms with Gasteiger partial charge < -0.3 is 28.5 Å². The zero-order chi connectivity index (χ0) is 60.0. The molecule has 0 radical (unpaired) electrons. The Balaban J connectivity index is 5.17. The molecule has 0 aromatic carbocycles. The van der Waals surface area contributed by atoms with Crippen LogP contribution in [0.15, 0.2) is 97.2 Å². The lowest BCUT2D eigenvalue weighted by Gasteiger charge is -2.30. The minimum absolute atomic E-state index is 0.0299. The van der Waals surface area contributed by atoms with Crippen molar-refractivity contribution in [2.45, 2.75) is 309 Å². The monoisotopic (exact) mass is 1160 g/mol. The summed E-state index contributed by atoms with van der Waals surface area (Å²) < 4.78 is 30.4. The highest BCUT2D eigenvalue weighted by molar-refractivity contribution is 7.45. The minimum atomic E-state index is -4.71. The van der Waals surface area contributed by atoms with Crippen LogP contribution in [0.5, 0.6) is 0 Å². The van der Waals surface area contributed by atoms with Gasteiger partial charge in [0.15, 0.2) is 0 Å². The normalized spacial score (nSPS) is 14.2.